The summed E-state index contributed by atoms with van der Waals surface area (Å²) in [5, 5.41) is 13.2. The number of carbonyl (C=O) groups is 1. The maximum absolute atomic E-state index is 12.4. The second-order valence-corrected chi connectivity index (χ2v) is 5.80. The Balaban J connectivity index is 2.00. The van der Waals surface area contributed by atoms with E-state index < -0.39 is 6.10 Å². The summed E-state index contributed by atoms with van der Waals surface area (Å²) in [7, 11) is 0. The second-order valence-electron chi connectivity index (χ2n) is 5.80. The Hall–Kier alpha value is -2.13. The van der Waals surface area contributed by atoms with Crippen LogP contribution in [0.4, 0.5) is 0 Å². The van der Waals surface area contributed by atoms with Gasteiger partial charge in [-0.15, -0.1) is 0 Å². The number of rotatable bonds is 5. The minimum absolute atomic E-state index is 0.0802. The lowest BCUT2D eigenvalue weighted by atomic mass is 10.0. The van der Waals surface area contributed by atoms with Crippen LogP contribution < -0.4 is 5.32 Å². The zero-order valence-electron chi connectivity index (χ0n) is 13.3. The molecule has 2 N–H and O–H groups in total. The highest BCUT2D eigenvalue weighted by Crippen LogP contribution is 2.19. The first-order valence-electron chi connectivity index (χ1n) is 7.59. The minimum Gasteiger partial charge on any atom is -0.388 e. The molecule has 0 aliphatic rings. The molecule has 2 atom stereocenters. The van der Waals surface area contributed by atoms with Crippen molar-refractivity contribution in [3.63, 3.8) is 0 Å². The van der Waals surface area contributed by atoms with Gasteiger partial charge in [0.15, 0.2) is 0 Å². The molecular weight excluding hydrogens is 274 g/mol. The molecule has 0 bridgehead atoms. The first-order valence-corrected chi connectivity index (χ1v) is 7.59. The molecule has 0 aromatic heterocycles. The van der Waals surface area contributed by atoms with E-state index in [1.54, 1.807) is 0 Å². The number of hydrogen-bond acceptors (Lipinski definition) is 2. The van der Waals surface area contributed by atoms with Crippen LogP contribution in [0.1, 0.15) is 46.5 Å². The van der Waals surface area contributed by atoms with Gasteiger partial charge in [-0.25, -0.2) is 0 Å². The van der Waals surface area contributed by atoms with E-state index in [4.69, 9.17) is 0 Å². The lowest BCUT2D eigenvalue weighted by molar-refractivity contribution is 0.0916. The van der Waals surface area contributed by atoms with Gasteiger partial charge in [-0.05, 0) is 43.9 Å². The van der Waals surface area contributed by atoms with Gasteiger partial charge in [0.1, 0.15) is 0 Å². The average molecular weight is 297 g/mol. The third-order valence-electron chi connectivity index (χ3n) is 3.85. The summed E-state index contributed by atoms with van der Waals surface area (Å²) in [4.78, 5) is 12.4. The predicted octanol–water partition coefficient (Wildman–Crippen LogP) is 3.55. The molecule has 0 saturated carbocycles. The van der Waals surface area contributed by atoms with Crippen molar-refractivity contribution in [2.24, 2.45) is 0 Å². The highest BCUT2D eigenvalue weighted by atomic mass is 16.3. The number of aliphatic hydroxyl groups is 1. The number of benzene rings is 2. The van der Waals surface area contributed by atoms with Crippen molar-refractivity contribution >= 4 is 5.91 Å². The molecule has 116 valence electrons. The van der Waals surface area contributed by atoms with Crippen molar-refractivity contribution in [3.05, 3.63) is 70.8 Å². The van der Waals surface area contributed by atoms with E-state index in [1.807, 2.05) is 69.3 Å². The Bertz CT molecular complexity index is 617. The zero-order valence-corrected chi connectivity index (χ0v) is 13.3. The summed E-state index contributed by atoms with van der Waals surface area (Å²) >= 11 is 0. The molecule has 0 saturated heterocycles. The van der Waals surface area contributed by atoms with Gasteiger partial charge in [0.05, 0.1) is 6.10 Å². The Labute approximate surface area is 132 Å². The van der Waals surface area contributed by atoms with Gasteiger partial charge in [0.2, 0.25) is 0 Å². The third-order valence-corrected chi connectivity index (χ3v) is 3.85. The molecule has 3 heteroatoms. The van der Waals surface area contributed by atoms with Gasteiger partial charge in [0.25, 0.3) is 5.91 Å². The van der Waals surface area contributed by atoms with Gasteiger partial charge in [-0.1, -0.05) is 48.5 Å². The van der Waals surface area contributed by atoms with Crippen molar-refractivity contribution in [2.45, 2.75) is 39.3 Å². The number of amides is 1. The minimum atomic E-state index is -0.575. The molecule has 1 amide bonds. The first-order chi connectivity index (χ1) is 10.5. The highest BCUT2D eigenvalue weighted by molar-refractivity contribution is 5.97. The summed E-state index contributed by atoms with van der Waals surface area (Å²) in [6.07, 6.45) is -0.0878. The molecule has 0 aliphatic carbocycles. The first kappa shape index (κ1) is 16.2. The van der Waals surface area contributed by atoms with Crippen LogP contribution >= 0.6 is 0 Å². The Kier molecular flexibility index (Phi) is 5.34. The largest absolute Gasteiger partial charge is 0.388 e. The lowest BCUT2D eigenvalue weighted by Gasteiger charge is -2.19. The number of carbonyl (C=O) groups excluding carboxylic acids is 1. The van der Waals surface area contributed by atoms with Crippen LogP contribution in [0.5, 0.6) is 0 Å². The van der Waals surface area contributed by atoms with Gasteiger partial charge < -0.3 is 10.4 Å². The third kappa shape index (κ3) is 3.95. The normalized spacial score (nSPS) is 13.5. The van der Waals surface area contributed by atoms with Crippen molar-refractivity contribution in [1.82, 2.24) is 5.32 Å². The van der Waals surface area contributed by atoms with E-state index in [1.165, 1.54) is 0 Å². The summed E-state index contributed by atoms with van der Waals surface area (Å²) in [6.45, 7) is 5.79. The Morgan fingerprint density at radius 1 is 1.05 bits per heavy atom. The summed E-state index contributed by atoms with van der Waals surface area (Å²) < 4.78 is 0. The molecule has 0 aliphatic heterocycles. The van der Waals surface area contributed by atoms with Crippen LogP contribution in [0.2, 0.25) is 0 Å². The van der Waals surface area contributed by atoms with Gasteiger partial charge in [-0.2, -0.15) is 0 Å². The van der Waals surface area contributed by atoms with E-state index in [0.29, 0.717) is 6.42 Å². The maximum Gasteiger partial charge on any atom is 0.252 e. The van der Waals surface area contributed by atoms with E-state index in [0.717, 1.165) is 22.3 Å². The second kappa shape index (κ2) is 7.23. The molecule has 22 heavy (non-hydrogen) atoms. The van der Waals surface area contributed by atoms with Crippen LogP contribution in [-0.2, 0) is 0 Å². The van der Waals surface area contributed by atoms with Crippen LogP contribution in [0.15, 0.2) is 48.5 Å². The molecule has 0 radical (unpaired) electrons. The number of aliphatic hydroxyl groups excluding tert-OH is 1. The number of aryl methyl sites for hydroxylation is 2. The summed E-state index contributed by atoms with van der Waals surface area (Å²) in [6, 6.07) is 15.2. The van der Waals surface area contributed by atoms with E-state index in [2.05, 4.69) is 5.32 Å². The number of hydrogen-bond donors (Lipinski definition) is 2. The summed E-state index contributed by atoms with van der Waals surface area (Å²) in [5.41, 5.74) is 3.53. The van der Waals surface area contributed by atoms with E-state index in [9.17, 15) is 9.90 Å². The van der Waals surface area contributed by atoms with E-state index >= 15 is 0 Å². The van der Waals surface area contributed by atoms with Crippen molar-refractivity contribution in [2.75, 3.05) is 0 Å². The van der Waals surface area contributed by atoms with Crippen LogP contribution in [0.25, 0.3) is 0 Å². The molecule has 0 heterocycles. The smallest absolute Gasteiger partial charge is 0.252 e. The topological polar surface area (TPSA) is 49.3 Å². The summed E-state index contributed by atoms with van der Waals surface area (Å²) in [5.74, 6) is -0.0802. The maximum atomic E-state index is 12.4. The monoisotopic (exact) mass is 297 g/mol. The van der Waals surface area contributed by atoms with Gasteiger partial charge >= 0.3 is 0 Å². The molecule has 3 nitrogen and oxygen atoms in total. The lowest BCUT2D eigenvalue weighted by Crippen LogP contribution is -2.34. The molecule has 2 aromatic carbocycles. The van der Waals surface area contributed by atoms with Crippen LogP contribution in [0, 0.1) is 13.8 Å². The highest BCUT2D eigenvalue weighted by Gasteiger charge is 2.17. The molecule has 2 aromatic rings. The molecule has 0 spiro atoms. The molecular formula is C19H23NO2. The fourth-order valence-electron chi connectivity index (χ4n) is 2.67. The average Bonchev–Trinajstić information content (AvgIpc) is 2.47. The fraction of sp³-hybridized carbons (Fsp3) is 0.316. The zero-order chi connectivity index (χ0) is 16.1. The van der Waals surface area contributed by atoms with Crippen LogP contribution in [0.3, 0.4) is 0 Å². The molecule has 2 rings (SSSR count). The predicted molar refractivity (Wildman–Crippen MR) is 88.9 cm³/mol. The van der Waals surface area contributed by atoms with Gasteiger partial charge in [0, 0.05) is 11.6 Å². The van der Waals surface area contributed by atoms with Crippen LogP contribution in [-0.4, -0.2) is 17.1 Å². The SMILES string of the molecule is Cc1cccc(C)c1C(=O)NC(C)CC(O)c1ccccc1. The van der Waals surface area contributed by atoms with Crippen molar-refractivity contribution < 1.29 is 9.90 Å². The van der Waals surface area contributed by atoms with Crippen molar-refractivity contribution in [3.8, 4) is 0 Å². The molecule has 0 fully saturated rings. The van der Waals surface area contributed by atoms with Crippen molar-refractivity contribution in [1.29, 1.82) is 0 Å². The fourth-order valence-corrected chi connectivity index (χ4v) is 2.67. The Morgan fingerprint density at radius 2 is 1.64 bits per heavy atom. The Morgan fingerprint density at radius 3 is 2.23 bits per heavy atom. The quantitative estimate of drug-likeness (QED) is 0.886. The number of nitrogens with one attached hydrogen (secondary N) is 1. The standard InChI is InChI=1S/C19H23NO2/c1-13-8-7-9-14(2)18(13)19(22)20-15(3)12-17(21)16-10-5-4-6-11-16/h4-11,15,17,21H,12H2,1-3H3,(H,20,22). The van der Waals surface area contributed by atoms with E-state index in [-0.39, 0.29) is 11.9 Å². The molecule has 2 unspecified atom stereocenters. The van der Waals surface area contributed by atoms with Gasteiger partial charge in [-0.3, -0.25) is 4.79 Å².